The first kappa shape index (κ1) is 23.2. The second-order valence-electron chi connectivity index (χ2n) is 12.6. The first-order chi connectivity index (χ1) is 14.8. The topological polar surface area (TPSA) is 0 Å². The molecule has 0 spiro atoms. The minimum absolute atomic E-state index is 1.07. The van der Waals surface area contributed by atoms with Gasteiger partial charge >= 0.3 is 0 Å². The third-order valence-corrected chi connectivity index (χ3v) is 10.5. The van der Waals surface area contributed by atoms with Crippen molar-refractivity contribution >= 4 is 0 Å². The lowest BCUT2D eigenvalue weighted by Crippen LogP contribution is -2.21. The third kappa shape index (κ3) is 7.00. The van der Waals surface area contributed by atoms with Crippen molar-refractivity contribution in [2.24, 2.45) is 41.4 Å². The van der Waals surface area contributed by atoms with Crippen molar-refractivity contribution < 1.29 is 0 Å². The smallest absolute Gasteiger partial charge is 0.0360 e. The van der Waals surface area contributed by atoms with Gasteiger partial charge in [0.05, 0.1) is 0 Å². The van der Waals surface area contributed by atoms with E-state index in [0.29, 0.717) is 0 Å². The summed E-state index contributed by atoms with van der Waals surface area (Å²) in [5, 5.41) is 0. The summed E-state index contributed by atoms with van der Waals surface area (Å²) < 4.78 is 0. The van der Waals surface area contributed by atoms with Crippen LogP contribution in [0.1, 0.15) is 148 Å². The van der Waals surface area contributed by atoms with Gasteiger partial charge in [0.25, 0.3) is 0 Å². The second-order valence-corrected chi connectivity index (χ2v) is 12.6. The van der Waals surface area contributed by atoms with Gasteiger partial charge in [0, 0.05) is 0 Å². The van der Waals surface area contributed by atoms with Crippen LogP contribution in [0.4, 0.5) is 0 Å². The maximum atomic E-state index is 2.44. The summed E-state index contributed by atoms with van der Waals surface area (Å²) in [5.41, 5.74) is 0. The van der Waals surface area contributed by atoms with Crippen LogP contribution in [0.2, 0.25) is 0 Å². The average molecular weight is 415 g/mol. The van der Waals surface area contributed by atoms with Gasteiger partial charge < -0.3 is 0 Å². The van der Waals surface area contributed by atoms with E-state index in [9.17, 15) is 0 Å². The Kier molecular flexibility index (Phi) is 9.50. The predicted octanol–water partition coefficient (Wildman–Crippen LogP) is 9.96. The van der Waals surface area contributed by atoms with Gasteiger partial charge in [-0.1, -0.05) is 129 Å². The molecule has 0 N–H and O–H groups in total. The van der Waals surface area contributed by atoms with Gasteiger partial charge in [0.1, 0.15) is 0 Å². The lowest BCUT2D eigenvalue weighted by molar-refractivity contribution is 0.176. The van der Waals surface area contributed by atoms with Crippen molar-refractivity contribution in [1.82, 2.24) is 0 Å². The minimum Gasteiger partial charge on any atom is -0.0622 e. The van der Waals surface area contributed by atoms with E-state index in [-0.39, 0.29) is 0 Å². The SMILES string of the molecule is C1CC2CCC1C2.C1CC2CCC1CC2.C1CCCCC1.CC1CCC2CCCC12. The summed E-state index contributed by atoms with van der Waals surface area (Å²) in [5.74, 6) is 8.01. The molecule has 0 aromatic rings. The number of hydrogen-bond donors (Lipinski definition) is 0. The highest BCUT2D eigenvalue weighted by Gasteiger charge is 2.36. The monoisotopic (exact) mass is 414 g/mol. The predicted molar refractivity (Wildman–Crippen MR) is 132 cm³/mol. The molecule has 0 saturated heterocycles. The Bertz CT molecular complexity index is 402. The van der Waals surface area contributed by atoms with Gasteiger partial charge in [-0.2, -0.15) is 0 Å². The average Bonchev–Trinajstić information content (AvgIpc) is 3.63. The Morgan fingerprint density at radius 3 is 1.13 bits per heavy atom. The van der Waals surface area contributed by atoms with Crippen LogP contribution in [0.15, 0.2) is 0 Å². The molecule has 0 aromatic carbocycles. The zero-order chi connectivity index (χ0) is 20.6. The summed E-state index contributed by atoms with van der Waals surface area (Å²) >= 11 is 0. The van der Waals surface area contributed by atoms with Crippen LogP contribution in [0.3, 0.4) is 0 Å². The number of rotatable bonds is 0. The molecule has 4 bridgehead atoms. The first-order valence-corrected chi connectivity index (χ1v) is 14.8. The maximum Gasteiger partial charge on any atom is -0.0360 e. The molecule has 8 aliphatic rings. The van der Waals surface area contributed by atoms with E-state index in [4.69, 9.17) is 0 Å². The quantitative estimate of drug-likeness (QED) is 0.370. The Morgan fingerprint density at radius 1 is 0.367 bits per heavy atom. The van der Waals surface area contributed by atoms with Crippen LogP contribution in [-0.2, 0) is 0 Å². The Labute approximate surface area is 189 Å². The van der Waals surface area contributed by atoms with E-state index in [0.717, 1.165) is 29.6 Å². The van der Waals surface area contributed by atoms with Crippen molar-refractivity contribution in [3.8, 4) is 0 Å². The zero-order valence-corrected chi connectivity index (χ0v) is 20.6. The van der Waals surface area contributed by atoms with E-state index < -0.39 is 0 Å². The molecule has 0 heterocycles. The summed E-state index contributed by atoms with van der Waals surface area (Å²) in [6, 6.07) is 0. The molecular weight excluding hydrogens is 360 g/mol. The molecule has 0 nitrogen and oxygen atoms in total. The highest BCUT2D eigenvalue weighted by atomic mass is 14.4. The molecule has 0 heteroatoms. The number of fused-ring (bicyclic) bond motifs is 6. The molecule has 3 atom stereocenters. The molecule has 30 heavy (non-hydrogen) atoms. The zero-order valence-electron chi connectivity index (χ0n) is 20.6. The molecule has 0 radical (unpaired) electrons. The van der Waals surface area contributed by atoms with E-state index in [2.05, 4.69) is 6.92 Å². The van der Waals surface area contributed by atoms with Gasteiger partial charge in [0.15, 0.2) is 0 Å². The van der Waals surface area contributed by atoms with Crippen molar-refractivity contribution in [3.63, 3.8) is 0 Å². The van der Waals surface area contributed by atoms with Crippen LogP contribution >= 0.6 is 0 Å². The molecule has 8 aliphatic carbocycles. The van der Waals surface area contributed by atoms with E-state index in [1.165, 1.54) is 63.2 Å². The Hall–Kier alpha value is 0. The third-order valence-electron chi connectivity index (χ3n) is 10.5. The van der Waals surface area contributed by atoms with Crippen molar-refractivity contribution in [1.29, 1.82) is 0 Å². The van der Waals surface area contributed by atoms with E-state index in [1.54, 1.807) is 89.9 Å². The molecule has 8 saturated carbocycles. The molecule has 8 fully saturated rings. The fourth-order valence-corrected chi connectivity index (χ4v) is 8.38. The van der Waals surface area contributed by atoms with Crippen LogP contribution < -0.4 is 0 Å². The van der Waals surface area contributed by atoms with Gasteiger partial charge in [-0.3, -0.25) is 0 Å². The van der Waals surface area contributed by atoms with E-state index >= 15 is 0 Å². The highest BCUT2D eigenvalue weighted by molar-refractivity contribution is 4.87. The molecule has 0 aliphatic heterocycles. The lowest BCUT2D eigenvalue weighted by Gasteiger charge is -2.35. The van der Waals surface area contributed by atoms with Crippen molar-refractivity contribution in [2.45, 2.75) is 148 Å². The molecule has 3 unspecified atom stereocenters. The van der Waals surface area contributed by atoms with Gasteiger partial charge in [0.2, 0.25) is 0 Å². The van der Waals surface area contributed by atoms with Crippen molar-refractivity contribution in [2.75, 3.05) is 0 Å². The minimum atomic E-state index is 1.07. The van der Waals surface area contributed by atoms with Crippen LogP contribution in [0.5, 0.6) is 0 Å². The van der Waals surface area contributed by atoms with Gasteiger partial charge in [-0.25, -0.2) is 0 Å². The van der Waals surface area contributed by atoms with Crippen LogP contribution in [0.25, 0.3) is 0 Å². The largest absolute Gasteiger partial charge is 0.0622 e. The Balaban J connectivity index is 0.0000000979. The Morgan fingerprint density at radius 2 is 0.800 bits per heavy atom. The van der Waals surface area contributed by atoms with Crippen LogP contribution in [-0.4, -0.2) is 0 Å². The van der Waals surface area contributed by atoms with Crippen molar-refractivity contribution in [3.05, 3.63) is 0 Å². The van der Waals surface area contributed by atoms with E-state index in [1.807, 2.05) is 0 Å². The molecule has 174 valence electrons. The number of hydrogen-bond acceptors (Lipinski definition) is 0. The van der Waals surface area contributed by atoms with Gasteiger partial charge in [-0.15, -0.1) is 0 Å². The molecular formula is C30H54. The second kappa shape index (κ2) is 12.3. The van der Waals surface area contributed by atoms with Crippen LogP contribution in [0, 0.1) is 41.4 Å². The standard InChI is InChI=1S/C9H16.C8H14.C7H12.C6H12/c1-7-5-6-8-3-2-4-9(7)8;1-2-8-5-3-7(1)4-6-8;1-2-7-4-3-6(1)5-7;1-2-4-6-5-3-1/h7-9H,2-6H2,1H3;7-8H,1-6H2;6-7H,1-5H2;1-6H2. The lowest BCUT2D eigenvalue weighted by atomic mass is 9.71. The molecule has 0 aromatic heterocycles. The molecule has 8 rings (SSSR count). The first-order valence-electron chi connectivity index (χ1n) is 14.8. The fourth-order valence-electron chi connectivity index (χ4n) is 8.38. The summed E-state index contributed by atoms with van der Waals surface area (Å²) in [6.45, 7) is 2.44. The normalized spacial score (nSPS) is 42.9. The molecule has 0 amide bonds. The summed E-state index contributed by atoms with van der Waals surface area (Å²) in [6.07, 6.45) is 33.9. The maximum absolute atomic E-state index is 2.44. The van der Waals surface area contributed by atoms with Gasteiger partial charge in [-0.05, 0) is 60.7 Å². The summed E-state index contributed by atoms with van der Waals surface area (Å²) in [7, 11) is 0. The highest BCUT2D eigenvalue weighted by Crippen LogP contribution is 2.47. The summed E-state index contributed by atoms with van der Waals surface area (Å²) in [4.78, 5) is 0. The fraction of sp³-hybridized carbons (Fsp3) is 1.00.